The molecular formula is C18H19ClN2O2. The van der Waals surface area contributed by atoms with Crippen LogP contribution in [-0.4, -0.2) is 18.7 Å². The van der Waals surface area contributed by atoms with Crippen LogP contribution in [0.3, 0.4) is 0 Å². The number of hydrogen-bond acceptors (Lipinski definition) is 2. The third-order valence-electron chi connectivity index (χ3n) is 3.70. The van der Waals surface area contributed by atoms with Crippen LogP contribution in [0.4, 0.5) is 16.2 Å². The lowest BCUT2D eigenvalue weighted by molar-refractivity contribution is 0.208. The van der Waals surface area contributed by atoms with Crippen molar-refractivity contribution in [1.82, 2.24) is 0 Å². The molecule has 0 spiro atoms. The number of rotatable bonds is 1. The van der Waals surface area contributed by atoms with Crippen LogP contribution in [0.25, 0.3) is 0 Å². The number of carbonyl (C=O) groups excluding carboxylic acids is 1. The largest absolute Gasteiger partial charge is 0.487 e. The molecule has 1 atom stereocenters. The molecular weight excluding hydrogens is 312 g/mol. The zero-order valence-corrected chi connectivity index (χ0v) is 14.1. The molecule has 0 aromatic heterocycles. The smallest absolute Gasteiger partial charge is 0.326 e. The minimum atomic E-state index is -0.186. The van der Waals surface area contributed by atoms with Crippen molar-refractivity contribution in [2.45, 2.75) is 26.9 Å². The fraction of sp³-hybridized carbons (Fsp3) is 0.278. The van der Waals surface area contributed by atoms with Crippen molar-refractivity contribution in [1.29, 1.82) is 0 Å². The van der Waals surface area contributed by atoms with E-state index in [2.05, 4.69) is 11.4 Å². The third kappa shape index (κ3) is 3.42. The number of urea groups is 1. The van der Waals surface area contributed by atoms with E-state index in [9.17, 15) is 4.79 Å². The van der Waals surface area contributed by atoms with Gasteiger partial charge in [0.15, 0.2) is 0 Å². The van der Waals surface area contributed by atoms with Crippen LogP contribution in [0, 0.1) is 13.8 Å². The van der Waals surface area contributed by atoms with Crippen LogP contribution in [0.2, 0.25) is 5.02 Å². The molecule has 0 aliphatic carbocycles. The molecule has 2 amide bonds. The van der Waals surface area contributed by atoms with Crippen LogP contribution in [0.15, 0.2) is 36.4 Å². The fourth-order valence-corrected chi connectivity index (χ4v) is 3.01. The van der Waals surface area contributed by atoms with Gasteiger partial charge in [0.05, 0.1) is 12.2 Å². The molecule has 1 N–H and O–H groups in total. The maximum absolute atomic E-state index is 12.7. The molecule has 1 aliphatic heterocycles. The van der Waals surface area contributed by atoms with E-state index in [-0.39, 0.29) is 12.1 Å². The Hall–Kier alpha value is -2.20. The summed E-state index contributed by atoms with van der Waals surface area (Å²) in [5.74, 6) is 0.670. The summed E-state index contributed by atoms with van der Waals surface area (Å²) < 4.78 is 5.78. The summed E-state index contributed by atoms with van der Waals surface area (Å²) in [5.41, 5.74) is 3.70. The lowest BCUT2D eigenvalue weighted by atomic mass is 10.1. The Morgan fingerprint density at radius 3 is 2.61 bits per heavy atom. The van der Waals surface area contributed by atoms with Crippen molar-refractivity contribution >= 4 is 29.0 Å². The van der Waals surface area contributed by atoms with Crippen molar-refractivity contribution in [2.75, 3.05) is 16.8 Å². The number of anilines is 2. The topological polar surface area (TPSA) is 41.6 Å². The molecule has 3 rings (SSSR count). The van der Waals surface area contributed by atoms with Gasteiger partial charge in [-0.1, -0.05) is 17.7 Å². The second-order valence-electron chi connectivity index (χ2n) is 5.96. The highest BCUT2D eigenvalue weighted by atomic mass is 35.5. The first-order valence-electron chi connectivity index (χ1n) is 7.55. The number of ether oxygens (including phenoxy) is 1. The number of nitrogens with one attached hydrogen (secondary N) is 1. The lowest BCUT2D eigenvalue weighted by Crippen LogP contribution is -2.44. The van der Waals surface area contributed by atoms with Gasteiger partial charge in [0, 0.05) is 10.7 Å². The minimum absolute atomic E-state index is 0.0753. The summed E-state index contributed by atoms with van der Waals surface area (Å²) >= 11 is 6.07. The van der Waals surface area contributed by atoms with Crippen LogP contribution >= 0.6 is 11.6 Å². The van der Waals surface area contributed by atoms with Gasteiger partial charge in [-0.2, -0.15) is 0 Å². The van der Waals surface area contributed by atoms with Crippen molar-refractivity contribution < 1.29 is 9.53 Å². The molecule has 0 fully saturated rings. The van der Waals surface area contributed by atoms with Gasteiger partial charge < -0.3 is 10.1 Å². The van der Waals surface area contributed by atoms with E-state index in [1.54, 1.807) is 23.1 Å². The maximum Gasteiger partial charge on any atom is 0.326 e. The first kappa shape index (κ1) is 15.7. The van der Waals surface area contributed by atoms with Crippen LogP contribution in [-0.2, 0) is 0 Å². The van der Waals surface area contributed by atoms with Gasteiger partial charge in [0.25, 0.3) is 0 Å². The number of aryl methyl sites for hydroxylation is 2. The number of carbonyl (C=O) groups is 1. The predicted octanol–water partition coefficient (Wildman–Crippen LogP) is 4.78. The standard InChI is InChI=1S/C18H19ClN2O2/c1-11-6-12(2)8-15(7-11)20-18(22)21-10-13(3)23-17-5-4-14(19)9-16(17)21/h4-9,13H,10H2,1-3H3,(H,20,22). The van der Waals surface area contributed by atoms with Gasteiger partial charge in [-0.25, -0.2) is 4.79 Å². The SMILES string of the molecule is Cc1cc(C)cc(NC(=O)N2CC(C)Oc3ccc(Cl)cc32)c1. The Kier molecular flexibility index (Phi) is 4.18. The van der Waals surface area contributed by atoms with Gasteiger partial charge >= 0.3 is 6.03 Å². The van der Waals surface area contributed by atoms with E-state index in [0.717, 1.165) is 16.8 Å². The van der Waals surface area contributed by atoms with Crippen molar-refractivity contribution in [3.05, 3.63) is 52.5 Å². The van der Waals surface area contributed by atoms with Crippen molar-refractivity contribution in [2.24, 2.45) is 0 Å². The average Bonchev–Trinajstić information content (AvgIpc) is 2.45. The second-order valence-corrected chi connectivity index (χ2v) is 6.39. The van der Waals surface area contributed by atoms with E-state index in [1.165, 1.54) is 0 Å². The molecule has 1 heterocycles. The maximum atomic E-state index is 12.7. The average molecular weight is 331 g/mol. The van der Waals surface area contributed by atoms with Gasteiger partial charge in [0.1, 0.15) is 11.9 Å². The first-order valence-corrected chi connectivity index (χ1v) is 7.93. The van der Waals surface area contributed by atoms with E-state index in [1.807, 2.05) is 32.9 Å². The van der Waals surface area contributed by atoms with Crippen LogP contribution in [0.5, 0.6) is 5.75 Å². The van der Waals surface area contributed by atoms with Crippen molar-refractivity contribution in [3.8, 4) is 5.75 Å². The van der Waals surface area contributed by atoms with E-state index >= 15 is 0 Å². The zero-order chi connectivity index (χ0) is 16.6. The molecule has 0 radical (unpaired) electrons. The third-order valence-corrected chi connectivity index (χ3v) is 3.93. The molecule has 4 nitrogen and oxygen atoms in total. The molecule has 0 saturated heterocycles. The number of benzene rings is 2. The quantitative estimate of drug-likeness (QED) is 0.817. The Morgan fingerprint density at radius 2 is 1.91 bits per heavy atom. The Labute approximate surface area is 141 Å². The Balaban J connectivity index is 1.89. The van der Waals surface area contributed by atoms with Crippen LogP contribution < -0.4 is 15.0 Å². The van der Waals surface area contributed by atoms with E-state index in [4.69, 9.17) is 16.3 Å². The van der Waals surface area contributed by atoms with Gasteiger partial charge in [0.2, 0.25) is 0 Å². The monoisotopic (exact) mass is 330 g/mol. The van der Waals surface area contributed by atoms with Gasteiger partial charge in [-0.05, 0) is 62.2 Å². The van der Waals surface area contributed by atoms with E-state index in [0.29, 0.717) is 23.0 Å². The number of hydrogen-bond donors (Lipinski definition) is 1. The summed E-state index contributed by atoms with van der Waals surface area (Å²) in [6.07, 6.45) is -0.0753. The number of nitrogens with zero attached hydrogens (tertiary/aromatic N) is 1. The number of amides is 2. The normalized spacial score (nSPS) is 16.5. The zero-order valence-electron chi connectivity index (χ0n) is 13.4. The van der Waals surface area contributed by atoms with Gasteiger partial charge in [-0.15, -0.1) is 0 Å². The number of halogens is 1. The molecule has 2 aromatic rings. The van der Waals surface area contributed by atoms with Gasteiger partial charge in [-0.3, -0.25) is 4.90 Å². The molecule has 2 aromatic carbocycles. The molecule has 1 aliphatic rings. The molecule has 0 bridgehead atoms. The molecule has 5 heteroatoms. The summed E-state index contributed by atoms with van der Waals surface area (Å²) in [5, 5.41) is 3.54. The highest BCUT2D eigenvalue weighted by Crippen LogP contribution is 2.36. The summed E-state index contributed by atoms with van der Waals surface area (Å²) in [6, 6.07) is 11.1. The summed E-state index contributed by atoms with van der Waals surface area (Å²) in [6.45, 7) is 6.43. The Bertz CT molecular complexity index is 740. The fourth-order valence-electron chi connectivity index (χ4n) is 2.84. The predicted molar refractivity (Wildman–Crippen MR) is 93.8 cm³/mol. The Morgan fingerprint density at radius 1 is 1.22 bits per heavy atom. The summed E-state index contributed by atoms with van der Waals surface area (Å²) in [4.78, 5) is 14.4. The molecule has 1 unspecified atom stereocenters. The van der Waals surface area contributed by atoms with Crippen molar-refractivity contribution in [3.63, 3.8) is 0 Å². The first-order chi connectivity index (χ1) is 10.9. The summed E-state index contributed by atoms with van der Waals surface area (Å²) in [7, 11) is 0. The highest BCUT2D eigenvalue weighted by molar-refractivity contribution is 6.31. The molecule has 120 valence electrons. The molecule has 23 heavy (non-hydrogen) atoms. The lowest BCUT2D eigenvalue weighted by Gasteiger charge is -2.33. The highest BCUT2D eigenvalue weighted by Gasteiger charge is 2.28. The van der Waals surface area contributed by atoms with Crippen LogP contribution in [0.1, 0.15) is 18.1 Å². The minimum Gasteiger partial charge on any atom is -0.487 e. The van der Waals surface area contributed by atoms with E-state index < -0.39 is 0 Å². The number of fused-ring (bicyclic) bond motifs is 1. The molecule has 0 saturated carbocycles. The second kappa shape index (κ2) is 6.13.